The van der Waals surface area contributed by atoms with Gasteiger partial charge in [-0.2, -0.15) is 10.1 Å². The highest BCUT2D eigenvalue weighted by Gasteiger charge is 2.09. The molecule has 0 aliphatic carbocycles. The van der Waals surface area contributed by atoms with Crippen molar-refractivity contribution in [3.63, 3.8) is 0 Å². The summed E-state index contributed by atoms with van der Waals surface area (Å²) in [5, 5.41) is 11.1. The maximum Gasteiger partial charge on any atom is 0.222 e. The lowest BCUT2D eigenvalue weighted by molar-refractivity contribution is 0.978. The van der Waals surface area contributed by atoms with Gasteiger partial charge in [0.1, 0.15) is 5.82 Å². The topological polar surface area (TPSA) is 118 Å². The first kappa shape index (κ1) is 15.0. The molecule has 8 heteroatoms. The van der Waals surface area contributed by atoms with Gasteiger partial charge >= 0.3 is 0 Å². The first-order valence-corrected chi connectivity index (χ1v) is 7.77. The highest BCUT2D eigenvalue weighted by atomic mass is 15.1. The van der Waals surface area contributed by atoms with Crippen molar-refractivity contribution in [3.8, 4) is 11.3 Å². The Morgan fingerprint density at radius 1 is 1.12 bits per heavy atom. The summed E-state index contributed by atoms with van der Waals surface area (Å²) in [6.45, 7) is 2.40. The molecule has 0 amide bonds. The zero-order valence-corrected chi connectivity index (χ0v) is 13.6. The molecule has 0 bridgehead atoms. The molecule has 0 saturated heterocycles. The summed E-state index contributed by atoms with van der Waals surface area (Å²) in [5.41, 5.74) is 10.2. The molecule has 4 N–H and O–H groups in total. The van der Waals surface area contributed by atoms with Gasteiger partial charge in [0.25, 0.3) is 0 Å². The monoisotopic (exact) mass is 332 g/mol. The molecule has 0 spiro atoms. The van der Waals surface area contributed by atoms with E-state index in [9.17, 15) is 0 Å². The van der Waals surface area contributed by atoms with Gasteiger partial charge in [0.15, 0.2) is 0 Å². The summed E-state index contributed by atoms with van der Waals surface area (Å²) in [4.78, 5) is 17.2. The number of anilines is 2. The number of benzene rings is 1. The number of H-pyrrole nitrogens is 1. The van der Waals surface area contributed by atoms with Gasteiger partial charge in [-0.25, -0.2) is 4.98 Å². The lowest BCUT2D eigenvalue weighted by atomic mass is 10.1. The van der Waals surface area contributed by atoms with Crippen molar-refractivity contribution in [1.82, 2.24) is 30.1 Å². The highest BCUT2D eigenvalue weighted by Crippen LogP contribution is 2.26. The molecule has 1 aromatic carbocycles. The first-order chi connectivity index (χ1) is 12.2. The number of aryl methyl sites for hydroxylation is 1. The molecule has 0 saturated carbocycles. The highest BCUT2D eigenvalue weighted by molar-refractivity contribution is 5.92. The second kappa shape index (κ2) is 6.16. The number of aromatic nitrogens is 6. The van der Waals surface area contributed by atoms with E-state index in [-0.39, 0.29) is 5.95 Å². The molecule has 3 heterocycles. The number of aromatic amines is 1. The summed E-state index contributed by atoms with van der Waals surface area (Å²) < 4.78 is 0. The Morgan fingerprint density at radius 3 is 2.80 bits per heavy atom. The van der Waals surface area contributed by atoms with Gasteiger partial charge in [-0.1, -0.05) is 6.07 Å². The van der Waals surface area contributed by atoms with Gasteiger partial charge in [-0.15, -0.1) is 0 Å². The van der Waals surface area contributed by atoms with E-state index in [1.807, 2.05) is 31.2 Å². The predicted octanol–water partition coefficient (Wildman–Crippen LogP) is 2.31. The molecular weight excluding hydrogens is 316 g/mol. The Morgan fingerprint density at radius 2 is 2.04 bits per heavy atom. The molecule has 0 aliphatic heterocycles. The summed E-state index contributed by atoms with van der Waals surface area (Å²) in [7, 11) is 0. The smallest absolute Gasteiger partial charge is 0.222 e. The van der Waals surface area contributed by atoms with Crippen LogP contribution in [0.5, 0.6) is 0 Å². The minimum atomic E-state index is 0.215. The van der Waals surface area contributed by atoms with Crippen molar-refractivity contribution in [3.05, 3.63) is 54.2 Å². The van der Waals surface area contributed by atoms with E-state index in [0.29, 0.717) is 12.4 Å². The van der Waals surface area contributed by atoms with E-state index < -0.39 is 0 Å². The van der Waals surface area contributed by atoms with Crippen LogP contribution in [-0.4, -0.2) is 30.1 Å². The molecule has 25 heavy (non-hydrogen) atoms. The van der Waals surface area contributed by atoms with E-state index >= 15 is 0 Å². The summed E-state index contributed by atoms with van der Waals surface area (Å²) in [6.07, 6.45) is 5.19. The van der Waals surface area contributed by atoms with Crippen molar-refractivity contribution in [2.45, 2.75) is 13.5 Å². The predicted molar refractivity (Wildman–Crippen MR) is 95.6 cm³/mol. The van der Waals surface area contributed by atoms with Crippen LogP contribution in [0.1, 0.15) is 11.4 Å². The van der Waals surface area contributed by atoms with Crippen molar-refractivity contribution < 1.29 is 0 Å². The second-order valence-electron chi connectivity index (χ2n) is 5.64. The lowest BCUT2D eigenvalue weighted by Crippen LogP contribution is -2.07. The number of nitrogens with two attached hydrogens (primary N) is 1. The van der Waals surface area contributed by atoms with Gasteiger partial charge in [0.05, 0.1) is 35.3 Å². The number of hydrogen-bond donors (Lipinski definition) is 3. The van der Waals surface area contributed by atoms with E-state index in [1.165, 1.54) is 0 Å². The summed E-state index contributed by atoms with van der Waals surface area (Å²) in [6, 6.07) is 7.82. The summed E-state index contributed by atoms with van der Waals surface area (Å²) in [5.74, 6) is 0.882. The lowest BCUT2D eigenvalue weighted by Gasteiger charge is -2.10. The van der Waals surface area contributed by atoms with E-state index in [1.54, 1.807) is 18.6 Å². The Kier molecular flexibility index (Phi) is 3.70. The maximum atomic E-state index is 5.87. The molecule has 0 radical (unpaired) electrons. The van der Waals surface area contributed by atoms with Crippen LogP contribution in [0.25, 0.3) is 22.2 Å². The fourth-order valence-corrected chi connectivity index (χ4v) is 2.55. The zero-order chi connectivity index (χ0) is 17.2. The number of nitrogens with zero attached hydrogens (tertiary/aromatic N) is 5. The molecule has 0 unspecified atom stereocenters. The van der Waals surface area contributed by atoms with Gasteiger partial charge in [-0.05, 0) is 25.1 Å². The molecule has 124 valence electrons. The van der Waals surface area contributed by atoms with Crippen LogP contribution < -0.4 is 11.1 Å². The van der Waals surface area contributed by atoms with Crippen LogP contribution >= 0.6 is 0 Å². The van der Waals surface area contributed by atoms with Crippen LogP contribution in [0.3, 0.4) is 0 Å². The van der Waals surface area contributed by atoms with Crippen molar-refractivity contribution in [1.29, 1.82) is 0 Å². The van der Waals surface area contributed by atoms with Crippen LogP contribution in [0.15, 0.2) is 42.9 Å². The summed E-state index contributed by atoms with van der Waals surface area (Å²) >= 11 is 0. The minimum absolute atomic E-state index is 0.215. The molecule has 0 atom stereocenters. The molecule has 0 aliphatic rings. The van der Waals surface area contributed by atoms with Crippen LogP contribution in [0, 0.1) is 6.92 Å². The van der Waals surface area contributed by atoms with Gasteiger partial charge in [0.2, 0.25) is 5.95 Å². The van der Waals surface area contributed by atoms with Gasteiger partial charge in [-0.3, -0.25) is 15.1 Å². The van der Waals surface area contributed by atoms with E-state index in [2.05, 4.69) is 35.5 Å². The Bertz CT molecular complexity index is 1010. The second-order valence-corrected chi connectivity index (χ2v) is 5.64. The third-order valence-corrected chi connectivity index (χ3v) is 3.80. The minimum Gasteiger partial charge on any atom is -0.368 e. The molecule has 4 rings (SSSR count). The fraction of sp³-hybridized carbons (Fsp3) is 0.118. The van der Waals surface area contributed by atoms with Crippen LogP contribution in [-0.2, 0) is 6.54 Å². The first-order valence-electron chi connectivity index (χ1n) is 7.77. The van der Waals surface area contributed by atoms with Crippen molar-refractivity contribution >= 4 is 22.7 Å². The molecule has 4 aromatic rings. The quantitative estimate of drug-likeness (QED) is 0.524. The van der Waals surface area contributed by atoms with Crippen molar-refractivity contribution in [2.75, 3.05) is 11.1 Å². The van der Waals surface area contributed by atoms with Gasteiger partial charge in [0, 0.05) is 23.3 Å². The molecule has 3 aromatic heterocycles. The average molecular weight is 332 g/mol. The normalized spacial score (nSPS) is 10.9. The number of fused-ring (bicyclic) bond motifs is 1. The number of nitrogen functional groups attached to an aromatic ring is 1. The average Bonchev–Trinajstić information content (AvgIpc) is 3.15. The molecular formula is C17H16N8. The number of hydrogen-bond acceptors (Lipinski definition) is 7. The van der Waals surface area contributed by atoms with E-state index in [0.717, 1.165) is 33.5 Å². The molecule has 8 nitrogen and oxygen atoms in total. The molecule has 0 fully saturated rings. The third-order valence-electron chi connectivity index (χ3n) is 3.80. The Hall–Kier alpha value is -3.55. The van der Waals surface area contributed by atoms with Crippen LogP contribution in [0.2, 0.25) is 0 Å². The number of nitrogens with one attached hydrogen (secondary N) is 2. The largest absolute Gasteiger partial charge is 0.368 e. The zero-order valence-electron chi connectivity index (χ0n) is 13.6. The Balaban J connectivity index is 1.67. The third kappa shape index (κ3) is 3.09. The number of rotatable bonds is 4. The van der Waals surface area contributed by atoms with Crippen LogP contribution in [0.4, 0.5) is 11.8 Å². The van der Waals surface area contributed by atoms with Crippen molar-refractivity contribution in [2.24, 2.45) is 0 Å². The fourth-order valence-electron chi connectivity index (χ4n) is 2.55. The SMILES string of the molecule is Cc1cnc(CNc2nc(N)nc3cc(-c4ccn[nH]4)ccc23)cn1. The standard InChI is InChI=1S/C17H16N8/c1-10-7-20-12(8-19-10)9-21-16-13-3-2-11(14-4-5-22-25-14)6-15(13)23-17(18)24-16/h2-8H,9H2,1H3,(H,22,25)(H3,18,21,23,24). The van der Waals surface area contributed by atoms with E-state index in [4.69, 9.17) is 5.73 Å². The Labute approximate surface area is 143 Å². The maximum absolute atomic E-state index is 5.87. The van der Waals surface area contributed by atoms with Gasteiger partial charge < -0.3 is 11.1 Å².